The van der Waals surface area contributed by atoms with Crippen molar-refractivity contribution in [1.82, 2.24) is 0 Å². The molecule has 0 spiro atoms. The van der Waals surface area contributed by atoms with Crippen LogP contribution < -0.4 is 10.6 Å². The van der Waals surface area contributed by atoms with Crippen molar-refractivity contribution in [3.05, 3.63) is 24.3 Å². The third-order valence-electron chi connectivity index (χ3n) is 4.02. The molecule has 1 saturated carbocycles. The molecule has 2 N–H and O–H groups in total. The quantitative estimate of drug-likeness (QED) is 0.675. The van der Waals surface area contributed by atoms with Crippen LogP contribution in [0.3, 0.4) is 0 Å². The van der Waals surface area contributed by atoms with Gasteiger partial charge in [0.05, 0.1) is 11.4 Å². The lowest BCUT2D eigenvalue weighted by Crippen LogP contribution is -2.36. The number of hydrogen-bond acceptors (Lipinski definition) is 2. The van der Waals surface area contributed by atoms with Gasteiger partial charge in [-0.25, -0.2) is 0 Å². The summed E-state index contributed by atoms with van der Waals surface area (Å²) in [6.45, 7) is 3.50. The minimum atomic E-state index is 0.430. The smallest absolute Gasteiger partial charge is 0.0578 e. The van der Waals surface area contributed by atoms with Crippen LogP contribution in [-0.4, -0.2) is 12.6 Å². The highest BCUT2D eigenvalue weighted by molar-refractivity contribution is 5.70. The van der Waals surface area contributed by atoms with Gasteiger partial charge in [-0.2, -0.15) is 0 Å². The highest BCUT2D eigenvalue weighted by Gasteiger charge is 2.40. The molecule has 2 unspecified atom stereocenters. The van der Waals surface area contributed by atoms with Crippen LogP contribution in [-0.2, 0) is 0 Å². The number of benzene rings is 1. The Labute approximate surface area is 91.1 Å². The van der Waals surface area contributed by atoms with Gasteiger partial charge in [0.25, 0.3) is 0 Å². The second-order valence-corrected chi connectivity index (χ2v) is 5.14. The number of hydrogen-bond donors (Lipinski definition) is 2. The second-order valence-electron chi connectivity index (χ2n) is 5.14. The zero-order chi connectivity index (χ0) is 10.3. The molecule has 1 aromatic rings. The Morgan fingerprint density at radius 3 is 2.93 bits per heavy atom. The molecular formula is C13H18N2. The first kappa shape index (κ1) is 9.08. The fourth-order valence-electron chi connectivity index (χ4n) is 2.94. The summed E-state index contributed by atoms with van der Waals surface area (Å²) in [5.41, 5.74) is 2.96. The summed E-state index contributed by atoms with van der Waals surface area (Å²) in [6.07, 6.45) is 4.01. The molecule has 2 nitrogen and oxygen atoms in total. The molecule has 0 radical (unpaired) electrons. The molecular weight excluding hydrogens is 184 g/mol. The van der Waals surface area contributed by atoms with E-state index in [1.54, 1.807) is 0 Å². The van der Waals surface area contributed by atoms with E-state index in [0.717, 1.165) is 6.54 Å². The van der Waals surface area contributed by atoms with Gasteiger partial charge in [0.1, 0.15) is 0 Å². The van der Waals surface area contributed by atoms with Crippen LogP contribution in [0.2, 0.25) is 0 Å². The normalized spacial score (nSPS) is 33.3. The maximum Gasteiger partial charge on any atom is 0.0578 e. The summed E-state index contributed by atoms with van der Waals surface area (Å²) in [5.74, 6) is 0. The van der Waals surface area contributed by atoms with Crippen molar-refractivity contribution in [3.63, 3.8) is 0 Å². The molecule has 1 heterocycles. The van der Waals surface area contributed by atoms with Gasteiger partial charge in [0.2, 0.25) is 0 Å². The highest BCUT2D eigenvalue weighted by Crippen LogP contribution is 2.43. The van der Waals surface area contributed by atoms with E-state index in [1.165, 1.54) is 30.6 Å². The molecule has 80 valence electrons. The first-order valence-electron chi connectivity index (χ1n) is 5.87. The Kier molecular flexibility index (Phi) is 1.91. The maximum absolute atomic E-state index is 3.70. The molecule has 3 rings (SSSR count). The topological polar surface area (TPSA) is 24.1 Å². The predicted molar refractivity (Wildman–Crippen MR) is 64.3 cm³/mol. The molecule has 1 aromatic carbocycles. The van der Waals surface area contributed by atoms with E-state index in [1.807, 2.05) is 0 Å². The molecule has 15 heavy (non-hydrogen) atoms. The average Bonchev–Trinajstić information content (AvgIpc) is 2.54. The van der Waals surface area contributed by atoms with Crippen LogP contribution in [0.1, 0.15) is 26.2 Å². The molecule has 1 fully saturated rings. The lowest BCUT2D eigenvalue weighted by Gasteiger charge is -2.29. The standard InChI is InChI=1S/C13H18N2/c1-13-8-4-7-12(13)15-11-6-3-2-5-10(11)14-9-13/h2-3,5-6,12,14-15H,4,7-9H2,1H3. The zero-order valence-corrected chi connectivity index (χ0v) is 9.22. The fourth-order valence-corrected chi connectivity index (χ4v) is 2.94. The molecule has 0 bridgehead atoms. The van der Waals surface area contributed by atoms with Gasteiger partial charge < -0.3 is 10.6 Å². The molecule has 1 aliphatic carbocycles. The van der Waals surface area contributed by atoms with Crippen molar-refractivity contribution in [3.8, 4) is 0 Å². The van der Waals surface area contributed by atoms with E-state index < -0.39 is 0 Å². The third-order valence-corrected chi connectivity index (χ3v) is 4.02. The number of rotatable bonds is 0. The maximum atomic E-state index is 3.70. The Balaban J connectivity index is 1.97. The van der Waals surface area contributed by atoms with Gasteiger partial charge in [0.15, 0.2) is 0 Å². The Morgan fingerprint density at radius 1 is 1.27 bits per heavy atom. The van der Waals surface area contributed by atoms with Crippen molar-refractivity contribution in [2.75, 3.05) is 17.2 Å². The van der Waals surface area contributed by atoms with Crippen LogP contribution in [0.4, 0.5) is 11.4 Å². The molecule has 1 aliphatic heterocycles. The highest BCUT2D eigenvalue weighted by atomic mass is 15.0. The van der Waals surface area contributed by atoms with Crippen molar-refractivity contribution >= 4 is 11.4 Å². The van der Waals surface area contributed by atoms with Gasteiger partial charge in [-0.3, -0.25) is 0 Å². The predicted octanol–water partition coefficient (Wildman–Crippen LogP) is 3.08. The van der Waals surface area contributed by atoms with Gasteiger partial charge in [-0.15, -0.1) is 0 Å². The molecule has 2 atom stereocenters. The van der Waals surface area contributed by atoms with E-state index in [9.17, 15) is 0 Å². The number of nitrogens with one attached hydrogen (secondary N) is 2. The lowest BCUT2D eigenvalue weighted by molar-refractivity contribution is 0.335. The largest absolute Gasteiger partial charge is 0.383 e. The first-order valence-corrected chi connectivity index (χ1v) is 5.87. The summed E-state index contributed by atoms with van der Waals surface area (Å²) >= 11 is 0. The van der Waals surface area contributed by atoms with Crippen molar-refractivity contribution in [2.45, 2.75) is 32.2 Å². The Hall–Kier alpha value is -1.18. The number of fused-ring (bicyclic) bond motifs is 2. The second kappa shape index (κ2) is 3.16. The van der Waals surface area contributed by atoms with E-state index in [0.29, 0.717) is 11.5 Å². The lowest BCUT2D eigenvalue weighted by atomic mass is 9.85. The van der Waals surface area contributed by atoms with Crippen molar-refractivity contribution in [2.24, 2.45) is 5.41 Å². The van der Waals surface area contributed by atoms with Gasteiger partial charge in [0, 0.05) is 18.0 Å². The third kappa shape index (κ3) is 1.39. The van der Waals surface area contributed by atoms with Crippen LogP contribution in [0.5, 0.6) is 0 Å². The SMILES string of the molecule is CC12CCCC1Nc1ccccc1NC2. The van der Waals surface area contributed by atoms with Crippen molar-refractivity contribution in [1.29, 1.82) is 0 Å². The van der Waals surface area contributed by atoms with E-state index in [2.05, 4.69) is 41.8 Å². The number of anilines is 2. The summed E-state index contributed by atoms with van der Waals surface area (Å²) in [4.78, 5) is 0. The molecule has 2 aliphatic rings. The minimum absolute atomic E-state index is 0.430. The van der Waals surface area contributed by atoms with Gasteiger partial charge in [-0.1, -0.05) is 25.5 Å². The Bertz CT molecular complexity index is 375. The van der Waals surface area contributed by atoms with E-state index >= 15 is 0 Å². The van der Waals surface area contributed by atoms with Crippen LogP contribution in [0, 0.1) is 5.41 Å². The molecule has 2 heteroatoms. The van der Waals surface area contributed by atoms with Gasteiger partial charge in [-0.05, 0) is 25.0 Å². The van der Waals surface area contributed by atoms with Crippen LogP contribution in [0.15, 0.2) is 24.3 Å². The monoisotopic (exact) mass is 202 g/mol. The molecule has 0 aromatic heterocycles. The number of para-hydroxylation sites is 2. The Morgan fingerprint density at radius 2 is 2.07 bits per heavy atom. The fraction of sp³-hybridized carbons (Fsp3) is 0.538. The molecule has 0 amide bonds. The van der Waals surface area contributed by atoms with Crippen molar-refractivity contribution < 1.29 is 0 Å². The first-order chi connectivity index (χ1) is 7.28. The summed E-state index contributed by atoms with van der Waals surface area (Å²) < 4.78 is 0. The summed E-state index contributed by atoms with van der Waals surface area (Å²) in [6, 6.07) is 9.18. The van der Waals surface area contributed by atoms with E-state index in [-0.39, 0.29) is 0 Å². The van der Waals surface area contributed by atoms with Gasteiger partial charge >= 0.3 is 0 Å². The zero-order valence-electron chi connectivity index (χ0n) is 9.22. The molecule has 0 saturated heterocycles. The minimum Gasteiger partial charge on any atom is -0.383 e. The van der Waals surface area contributed by atoms with Crippen LogP contribution >= 0.6 is 0 Å². The summed E-state index contributed by atoms with van der Waals surface area (Å²) in [7, 11) is 0. The van der Waals surface area contributed by atoms with E-state index in [4.69, 9.17) is 0 Å². The average molecular weight is 202 g/mol. The summed E-state index contributed by atoms with van der Waals surface area (Å²) in [5, 5.41) is 7.27. The van der Waals surface area contributed by atoms with Crippen LogP contribution in [0.25, 0.3) is 0 Å².